The second-order valence-electron chi connectivity index (χ2n) is 9.78. The fourth-order valence-corrected chi connectivity index (χ4v) is 4.22. The molecule has 2 aliphatic rings. The van der Waals surface area contributed by atoms with Gasteiger partial charge in [-0.15, -0.1) is 0 Å². The third-order valence-electron chi connectivity index (χ3n) is 5.99. The van der Waals surface area contributed by atoms with Crippen LogP contribution in [-0.4, -0.2) is 52.4 Å². The summed E-state index contributed by atoms with van der Waals surface area (Å²) in [7, 11) is 0. The number of aromatic nitrogens is 1. The lowest BCUT2D eigenvalue weighted by atomic mass is 9.91. The Bertz CT molecular complexity index is 771. The van der Waals surface area contributed by atoms with Crippen LogP contribution >= 0.6 is 0 Å². The van der Waals surface area contributed by atoms with Crippen LogP contribution in [0.2, 0.25) is 0 Å². The average Bonchev–Trinajstić information content (AvgIpc) is 2.74. The van der Waals surface area contributed by atoms with Gasteiger partial charge in [0.2, 0.25) is 0 Å². The summed E-state index contributed by atoms with van der Waals surface area (Å²) in [5.74, 6) is 0.0881. The molecule has 1 aromatic heterocycles. The molecule has 0 atom stereocenters. The van der Waals surface area contributed by atoms with E-state index in [0.717, 1.165) is 38.5 Å². The van der Waals surface area contributed by atoms with Gasteiger partial charge < -0.3 is 15.0 Å². The molecule has 0 bridgehead atoms. The molecule has 1 saturated carbocycles. The Morgan fingerprint density at radius 3 is 2.32 bits per heavy atom. The van der Waals surface area contributed by atoms with Gasteiger partial charge in [0.05, 0.1) is 5.56 Å². The molecule has 1 aliphatic carbocycles. The van der Waals surface area contributed by atoms with Gasteiger partial charge in [-0.2, -0.15) is 0 Å². The topological polar surface area (TPSA) is 88.6 Å². The Hall–Kier alpha value is -2.44. The van der Waals surface area contributed by atoms with Crippen LogP contribution in [0.1, 0.15) is 93.0 Å². The van der Waals surface area contributed by atoms with E-state index in [1.54, 1.807) is 17.0 Å². The molecule has 1 saturated heterocycles. The van der Waals surface area contributed by atoms with Gasteiger partial charge in [-0.25, -0.2) is 4.79 Å². The minimum Gasteiger partial charge on any atom is -0.444 e. The van der Waals surface area contributed by atoms with E-state index < -0.39 is 5.60 Å². The van der Waals surface area contributed by atoms with E-state index in [-0.39, 0.29) is 29.7 Å². The molecule has 0 aromatic carbocycles. The molecule has 0 spiro atoms. The molecule has 2 amide bonds. The van der Waals surface area contributed by atoms with Gasteiger partial charge in [-0.05, 0) is 64.5 Å². The van der Waals surface area contributed by atoms with Crippen molar-refractivity contribution in [2.24, 2.45) is 5.92 Å². The van der Waals surface area contributed by atoms with Crippen molar-refractivity contribution in [2.75, 3.05) is 13.1 Å². The number of pyridine rings is 1. The van der Waals surface area contributed by atoms with Crippen LogP contribution in [-0.2, 0) is 4.74 Å². The van der Waals surface area contributed by atoms with E-state index in [4.69, 9.17) is 4.74 Å². The molecular weight excluding hydrogens is 394 g/mol. The van der Waals surface area contributed by atoms with Crippen molar-refractivity contribution >= 4 is 17.8 Å². The van der Waals surface area contributed by atoms with Crippen molar-refractivity contribution in [3.8, 4) is 0 Å². The van der Waals surface area contributed by atoms with Crippen molar-refractivity contribution in [2.45, 2.75) is 83.8 Å². The molecule has 7 nitrogen and oxygen atoms in total. The zero-order valence-electron chi connectivity index (χ0n) is 19.0. The number of rotatable bonds is 5. The maximum Gasteiger partial charge on any atom is 0.410 e. The number of ether oxygens (including phenoxy) is 1. The van der Waals surface area contributed by atoms with Gasteiger partial charge in [0.1, 0.15) is 11.3 Å². The van der Waals surface area contributed by atoms with Gasteiger partial charge in [0, 0.05) is 31.7 Å². The van der Waals surface area contributed by atoms with Crippen LogP contribution in [0.4, 0.5) is 4.79 Å². The van der Waals surface area contributed by atoms with Crippen LogP contribution in [0.25, 0.3) is 0 Å². The number of piperidine rings is 1. The molecule has 2 heterocycles. The highest BCUT2D eigenvalue weighted by atomic mass is 16.6. The lowest BCUT2D eigenvalue weighted by Crippen LogP contribution is -2.42. The number of nitrogens with zero attached hydrogens (tertiary/aromatic N) is 2. The van der Waals surface area contributed by atoms with Crippen molar-refractivity contribution in [3.63, 3.8) is 0 Å². The number of amides is 2. The highest BCUT2D eigenvalue weighted by Crippen LogP contribution is 2.24. The van der Waals surface area contributed by atoms with Crippen LogP contribution in [0.5, 0.6) is 0 Å². The second-order valence-corrected chi connectivity index (χ2v) is 9.78. The van der Waals surface area contributed by atoms with Gasteiger partial charge in [-0.3, -0.25) is 14.6 Å². The van der Waals surface area contributed by atoms with Crippen molar-refractivity contribution in [3.05, 3.63) is 29.6 Å². The van der Waals surface area contributed by atoms with Gasteiger partial charge >= 0.3 is 6.09 Å². The first-order chi connectivity index (χ1) is 14.7. The molecule has 3 rings (SSSR count). The predicted octanol–water partition coefficient (Wildman–Crippen LogP) is 4.36. The highest BCUT2D eigenvalue weighted by molar-refractivity contribution is 5.97. The van der Waals surface area contributed by atoms with Crippen molar-refractivity contribution in [1.82, 2.24) is 15.2 Å². The number of carbonyl (C=O) groups excluding carboxylic acids is 3. The summed E-state index contributed by atoms with van der Waals surface area (Å²) < 4.78 is 5.42. The first-order valence-corrected chi connectivity index (χ1v) is 11.5. The molecule has 1 N–H and O–H groups in total. The molecule has 1 aliphatic heterocycles. The maximum atomic E-state index is 12.6. The molecule has 7 heteroatoms. The SMILES string of the molecule is CC(C)(C)OC(=O)N1CCC(CC(=O)c2ccc(C(=O)NC3CCCCC3)cn2)CC1. The third-order valence-corrected chi connectivity index (χ3v) is 5.99. The standard InChI is InChI=1S/C24H35N3O4/c1-24(2,3)31-23(30)27-13-11-17(12-14-27)15-21(28)20-10-9-18(16-25-20)22(29)26-19-7-5-4-6-8-19/h9-10,16-17,19H,4-8,11-15H2,1-3H3,(H,26,29). The van der Waals surface area contributed by atoms with Crippen LogP contribution < -0.4 is 5.32 Å². The fourth-order valence-electron chi connectivity index (χ4n) is 4.22. The summed E-state index contributed by atoms with van der Waals surface area (Å²) in [6.45, 7) is 6.76. The number of hydrogen-bond acceptors (Lipinski definition) is 5. The molecule has 31 heavy (non-hydrogen) atoms. The number of ketones is 1. The highest BCUT2D eigenvalue weighted by Gasteiger charge is 2.28. The fraction of sp³-hybridized carbons (Fsp3) is 0.667. The van der Waals surface area contributed by atoms with E-state index in [9.17, 15) is 14.4 Å². The molecular formula is C24H35N3O4. The Balaban J connectivity index is 1.45. The minimum absolute atomic E-state index is 0.0186. The summed E-state index contributed by atoms with van der Waals surface area (Å²) in [4.78, 5) is 43.2. The number of Topliss-reactive ketones (excluding diaryl/α,β-unsaturated/α-hetero) is 1. The Morgan fingerprint density at radius 1 is 1.06 bits per heavy atom. The molecule has 0 unspecified atom stereocenters. The number of nitrogens with one attached hydrogen (secondary N) is 1. The molecule has 1 aromatic rings. The predicted molar refractivity (Wildman–Crippen MR) is 118 cm³/mol. The average molecular weight is 430 g/mol. The lowest BCUT2D eigenvalue weighted by molar-refractivity contribution is 0.0183. The van der Waals surface area contributed by atoms with E-state index in [1.165, 1.54) is 12.6 Å². The summed E-state index contributed by atoms with van der Waals surface area (Å²) in [5, 5.41) is 3.07. The van der Waals surface area contributed by atoms with Crippen molar-refractivity contribution in [1.29, 1.82) is 0 Å². The number of carbonyl (C=O) groups is 3. The molecule has 170 valence electrons. The maximum absolute atomic E-state index is 12.6. The molecule has 2 fully saturated rings. The van der Waals surface area contributed by atoms with Gasteiger partial charge in [0.15, 0.2) is 5.78 Å². The van der Waals surface area contributed by atoms with E-state index >= 15 is 0 Å². The normalized spacial score (nSPS) is 18.5. The monoisotopic (exact) mass is 429 g/mol. The zero-order valence-corrected chi connectivity index (χ0v) is 19.0. The smallest absolute Gasteiger partial charge is 0.410 e. The van der Waals surface area contributed by atoms with Crippen LogP contribution in [0.15, 0.2) is 18.3 Å². The second kappa shape index (κ2) is 10.2. The Kier molecular flexibility index (Phi) is 7.68. The zero-order chi connectivity index (χ0) is 22.4. The summed E-state index contributed by atoms with van der Waals surface area (Å²) in [6, 6.07) is 3.58. The Labute approximate surface area is 184 Å². The number of hydrogen-bond donors (Lipinski definition) is 1. The summed E-state index contributed by atoms with van der Waals surface area (Å²) >= 11 is 0. The van der Waals surface area contributed by atoms with E-state index in [2.05, 4.69) is 10.3 Å². The van der Waals surface area contributed by atoms with Gasteiger partial charge in [-0.1, -0.05) is 19.3 Å². The minimum atomic E-state index is -0.505. The van der Waals surface area contributed by atoms with Crippen molar-refractivity contribution < 1.29 is 19.1 Å². The largest absolute Gasteiger partial charge is 0.444 e. The lowest BCUT2D eigenvalue weighted by Gasteiger charge is -2.33. The third kappa shape index (κ3) is 7.04. The van der Waals surface area contributed by atoms with Gasteiger partial charge in [0.25, 0.3) is 5.91 Å². The van der Waals surface area contributed by atoms with E-state index in [1.807, 2.05) is 20.8 Å². The van der Waals surface area contributed by atoms with Crippen LogP contribution in [0, 0.1) is 5.92 Å². The first-order valence-electron chi connectivity index (χ1n) is 11.5. The van der Waals surface area contributed by atoms with Crippen LogP contribution in [0.3, 0.4) is 0 Å². The quantitative estimate of drug-likeness (QED) is 0.703. The Morgan fingerprint density at radius 2 is 1.74 bits per heavy atom. The summed E-state index contributed by atoms with van der Waals surface area (Å²) in [5.41, 5.74) is 0.381. The molecule has 0 radical (unpaired) electrons. The summed E-state index contributed by atoms with van der Waals surface area (Å²) in [6.07, 6.45) is 8.77. The first kappa shape index (κ1) is 23.2. The number of likely N-dealkylation sites (tertiary alicyclic amines) is 1. The van der Waals surface area contributed by atoms with E-state index in [0.29, 0.717) is 30.8 Å².